The summed E-state index contributed by atoms with van der Waals surface area (Å²) >= 11 is 0. The highest BCUT2D eigenvalue weighted by atomic mass is 16.5. The fraction of sp³-hybridized carbons (Fsp3) is 0.375. The molecule has 0 radical (unpaired) electrons. The van der Waals surface area contributed by atoms with Crippen molar-refractivity contribution in [3.8, 4) is 5.75 Å². The SMILES string of the molecule is CCOC(Cc1ccc(OC(=O)Cc2ccc(NC(C)(C)C)cc2)cc1)C(=O)O.O=CO. The van der Waals surface area contributed by atoms with Gasteiger partial charge in [-0.1, -0.05) is 24.3 Å². The molecule has 0 aromatic heterocycles. The minimum atomic E-state index is -0.994. The standard InChI is InChI=1S/C23H29NO5.CH2O2/c1-5-28-20(22(26)27)14-16-8-12-19(13-9-16)29-21(25)15-17-6-10-18(11-7-17)24-23(2,3)4;2-1-3/h6-13,20,24H,5,14-15H2,1-4H3,(H,26,27);1H,(H,2,3). The molecule has 0 heterocycles. The van der Waals surface area contributed by atoms with Crippen LogP contribution in [0.25, 0.3) is 0 Å². The van der Waals surface area contributed by atoms with Crippen LogP contribution in [0.2, 0.25) is 0 Å². The van der Waals surface area contributed by atoms with Gasteiger partial charge in [0, 0.05) is 24.3 Å². The molecule has 8 nitrogen and oxygen atoms in total. The number of hydrogen-bond donors (Lipinski definition) is 3. The van der Waals surface area contributed by atoms with Crippen LogP contribution in [0.15, 0.2) is 48.5 Å². The van der Waals surface area contributed by atoms with Crippen LogP contribution < -0.4 is 10.1 Å². The summed E-state index contributed by atoms with van der Waals surface area (Å²) in [7, 11) is 0. The van der Waals surface area contributed by atoms with E-state index >= 15 is 0 Å². The Morgan fingerprint density at radius 2 is 1.56 bits per heavy atom. The molecule has 0 saturated heterocycles. The molecule has 1 unspecified atom stereocenters. The van der Waals surface area contributed by atoms with Crippen molar-refractivity contribution >= 4 is 24.1 Å². The molecule has 8 heteroatoms. The number of esters is 1. The normalized spacial score (nSPS) is 11.5. The largest absolute Gasteiger partial charge is 0.483 e. The quantitative estimate of drug-likeness (QED) is 0.303. The number of carboxylic acid groups (broad SMARTS) is 2. The van der Waals surface area contributed by atoms with E-state index in [9.17, 15) is 9.59 Å². The average Bonchev–Trinajstić information content (AvgIpc) is 2.70. The van der Waals surface area contributed by atoms with E-state index in [-0.39, 0.29) is 30.8 Å². The van der Waals surface area contributed by atoms with Crippen molar-refractivity contribution in [1.29, 1.82) is 0 Å². The van der Waals surface area contributed by atoms with Gasteiger partial charge >= 0.3 is 11.9 Å². The third-order valence-corrected chi connectivity index (χ3v) is 4.04. The van der Waals surface area contributed by atoms with E-state index in [2.05, 4.69) is 26.1 Å². The van der Waals surface area contributed by atoms with E-state index in [1.54, 1.807) is 31.2 Å². The monoisotopic (exact) mass is 445 g/mol. The molecular formula is C24H31NO7. The van der Waals surface area contributed by atoms with E-state index in [0.717, 1.165) is 16.8 Å². The Morgan fingerprint density at radius 3 is 2.03 bits per heavy atom. The molecule has 2 aromatic carbocycles. The second kappa shape index (κ2) is 13.1. The summed E-state index contributed by atoms with van der Waals surface area (Å²) in [6.45, 7) is 8.10. The van der Waals surface area contributed by atoms with Gasteiger partial charge in [0.05, 0.1) is 6.42 Å². The number of carbonyl (C=O) groups excluding carboxylic acids is 1. The molecule has 3 N–H and O–H groups in total. The molecule has 0 aliphatic rings. The summed E-state index contributed by atoms with van der Waals surface area (Å²) in [5, 5.41) is 19.4. The highest BCUT2D eigenvalue weighted by Gasteiger charge is 2.18. The van der Waals surface area contributed by atoms with Gasteiger partial charge in [0.1, 0.15) is 5.75 Å². The lowest BCUT2D eigenvalue weighted by Crippen LogP contribution is -2.26. The number of ether oxygens (including phenoxy) is 2. The minimum absolute atomic E-state index is 0.0280. The van der Waals surface area contributed by atoms with Crippen molar-refractivity contribution < 1.29 is 34.1 Å². The Bertz CT molecular complexity index is 855. The summed E-state index contributed by atoms with van der Waals surface area (Å²) in [4.78, 5) is 31.7. The maximum atomic E-state index is 12.2. The molecule has 174 valence electrons. The molecule has 2 aromatic rings. The molecule has 32 heavy (non-hydrogen) atoms. The Kier molecular flexibility index (Phi) is 10.9. The predicted molar refractivity (Wildman–Crippen MR) is 121 cm³/mol. The molecule has 2 rings (SSSR count). The average molecular weight is 446 g/mol. The van der Waals surface area contributed by atoms with E-state index in [1.807, 2.05) is 24.3 Å². The van der Waals surface area contributed by atoms with Gasteiger partial charge in [-0.05, 0) is 63.1 Å². The molecular weight excluding hydrogens is 414 g/mol. The van der Waals surface area contributed by atoms with Crippen molar-refractivity contribution in [3.63, 3.8) is 0 Å². The number of anilines is 1. The first-order valence-corrected chi connectivity index (χ1v) is 10.2. The van der Waals surface area contributed by atoms with Gasteiger partial charge in [0.2, 0.25) is 0 Å². The van der Waals surface area contributed by atoms with Crippen LogP contribution >= 0.6 is 0 Å². The van der Waals surface area contributed by atoms with Gasteiger partial charge in [-0.2, -0.15) is 0 Å². The van der Waals surface area contributed by atoms with Crippen LogP contribution in [0, 0.1) is 0 Å². The first-order valence-electron chi connectivity index (χ1n) is 10.2. The summed E-state index contributed by atoms with van der Waals surface area (Å²) in [6, 6.07) is 14.5. The lowest BCUT2D eigenvalue weighted by Gasteiger charge is -2.22. The number of carboxylic acids is 1. The van der Waals surface area contributed by atoms with Gasteiger partial charge < -0.3 is 25.0 Å². The van der Waals surface area contributed by atoms with Crippen LogP contribution in [-0.2, 0) is 32.0 Å². The summed E-state index contributed by atoms with van der Waals surface area (Å²) in [6.07, 6.45) is -0.459. The molecule has 0 saturated carbocycles. The fourth-order valence-electron chi connectivity index (χ4n) is 2.80. The molecule has 0 aliphatic heterocycles. The van der Waals surface area contributed by atoms with E-state index in [0.29, 0.717) is 12.4 Å². The lowest BCUT2D eigenvalue weighted by molar-refractivity contribution is -0.150. The van der Waals surface area contributed by atoms with E-state index in [1.165, 1.54) is 0 Å². The summed E-state index contributed by atoms with van der Waals surface area (Å²) in [5.41, 5.74) is 2.64. The molecule has 0 amide bonds. The zero-order valence-electron chi connectivity index (χ0n) is 18.8. The van der Waals surface area contributed by atoms with Crippen LogP contribution in [-0.4, -0.2) is 46.9 Å². The second-order valence-electron chi connectivity index (χ2n) is 7.96. The number of benzene rings is 2. The van der Waals surface area contributed by atoms with Crippen LogP contribution in [0.1, 0.15) is 38.8 Å². The van der Waals surface area contributed by atoms with E-state index < -0.39 is 12.1 Å². The highest BCUT2D eigenvalue weighted by molar-refractivity contribution is 5.75. The van der Waals surface area contributed by atoms with Crippen molar-refractivity contribution in [3.05, 3.63) is 59.7 Å². The van der Waals surface area contributed by atoms with Crippen LogP contribution in [0.5, 0.6) is 5.75 Å². The maximum Gasteiger partial charge on any atom is 0.333 e. The van der Waals surface area contributed by atoms with Crippen molar-refractivity contribution in [1.82, 2.24) is 0 Å². The van der Waals surface area contributed by atoms with Gasteiger partial charge in [0.25, 0.3) is 6.47 Å². The van der Waals surface area contributed by atoms with Crippen LogP contribution in [0.3, 0.4) is 0 Å². The topological polar surface area (TPSA) is 122 Å². The zero-order valence-corrected chi connectivity index (χ0v) is 18.8. The van der Waals surface area contributed by atoms with Gasteiger partial charge in [-0.3, -0.25) is 9.59 Å². The van der Waals surface area contributed by atoms with Gasteiger partial charge in [-0.25, -0.2) is 4.79 Å². The smallest absolute Gasteiger partial charge is 0.333 e. The molecule has 1 atom stereocenters. The minimum Gasteiger partial charge on any atom is -0.483 e. The molecule has 0 fully saturated rings. The third kappa shape index (κ3) is 10.6. The Labute approximate surface area is 188 Å². The summed E-state index contributed by atoms with van der Waals surface area (Å²) < 4.78 is 10.6. The number of hydrogen-bond acceptors (Lipinski definition) is 6. The van der Waals surface area contributed by atoms with Gasteiger partial charge in [-0.15, -0.1) is 0 Å². The van der Waals surface area contributed by atoms with E-state index in [4.69, 9.17) is 24.5 Å². The van der Waals surface area contributed by atoms with Crippen molar-refractivity contribution in [2.24, 2.45) is 0 Å². The number of carbonyl (C=O) groups is 3. The zero-order chi connectivity index (χ0) is 24.1. The van der Waals surface area contributed by atoms with Crippen LogP contribution in [0.4, 0.5) is 5.69 Å². The fourth-order valence-corrected chi connectivity index (χ4v) is 2.80. The molecule has 0 bridgehead atoms. The Balaban J connectivity index is 0.00000161. The highest BCUT2D eigenvalue weighted by Crippen LogP contribution is 2.18. The Hall–Kier alpha value is -3.39. The maximum absolute atomic E-state index is 12.2. The predicted octanol–water partition coefficient (Wildman–Crippen LogP) is 3.78. The van der Waals surface area contributed by atoms with Crippen molar-refractivity contribution in [2.75, 3.05) is 11.9 Å². The number of rotatable bonds is 9. The number of nitrogens with one attached hydrogen (secondary N) is 1. The first kappa shape index (κ1) is 26.6. The van der Waals surface area contributed by atoms with Gasteiger partial charge in [0.15, 0.2) is 6.10 Å². The van der Waals surface area contributed by atoms with Crippen molar-refractivity contribution in [2.45, 2.75) is 52.2 Å². The lowest BCUT2D eigenvalue weighted by atomic mass is 10.1. The molecule has 0 spiro atoms. The Morgan fingerprint density at radius 1 is 1.03 bits per heavy atom. The third-order valence-electron chi connectivity index (χ3n) is 4.04. The summed E-state index contributed by atoms with van der Waals surface area (Å²) in [5.74, 6) is -0.925. The first-order chi connectivity index (χ1) is 15.1. The number of aliphatic carboxylic acids is 1. The second-order valence-corrected chi connectivity index (χ2v) is 7.96. The molecule has 0 aliphatic carbocycles.